The van der Waals surface area contributed by atoms with Crippen LogP contribution in [0.1, 0.15) is 44.6 Å². The lowest BCUT2D eigenvalue weighted by atomic mass is 9.82. The fraction of sp³-hybridized carbons (Fsp3) is 0.538. The van der Waals surface area contributed by atoms with Gasteiger partial charge in [0.25, 0.3) is 0 Å². The summed E-state index contributed by atoms with van der Waals surface area (Å²) in [5, 5.41) is 3.41. The first-order valence-corrected chi connectivity index (χ1v) is 12.6. The van der Waals surface area contributed by atoms with E-state index in [-0.39, 0.29) is 23.7 Å². The predicted molar refractivity (Wildman–Crippen MR) is 132 cm³/mol. The van der Waals surface area contributed by atoms with Crippen molar-refractivity contribution in [2.24, 2.45) is 11.8 Å². The molecule has 1 aromatic carbocycles. The summed E-state index contributed by atoms with van der Waals surface area (Å²) in [6.45, 7) is 7.20. The van der Waals surface area contributed by atoms with E-state index in [2.05, 4.69) is 22.2 Å². The number of anilines is 1. The second-order valence-electron chi connectivity index (χ2n) is 9.58. The Bertz CT molecular complexity index is 1190. The number of ether oxygens (including phenoxy) is 1. The zero-order valence-corrected chi connectivity index (χ0v) is 20.4. The van der Waals surface area contributed by atoms with Gasteiger partial charge in [0.15, 0.2) is 0 Å². The van der Waals surface area contributed by atoms with Gasteiger partial charge in [-0.05, 0) is 70.2 Å². The fourth-order valence-corrected chi connectivity index (χ4v) is 5.46. The van der Waals surface area contributed by atoms with Crippen LogP contribution in [0.5, 0.6) is 0 Å². The number of carbonyl (C=O) groups excluding carboxylic acids is 1. The van der Waals surface area contributed by atoms with Crippen molar-refractivity contribution >= 4 is 22.8 Å². The number of aromatic nitrogens is 4. The highest BCUT2D eigenvalue weighted by Gasteiger charge is 2.37. The largest absolute Gasteiger partial charge is 0.381 e. The molecule has 0 aliphatic carbocycles. The zero-order valence-electron chi connectivity index (χ0n) is 20.4. The summed E-state index contributed by atoms with van der Waals surface area (Å²) < 4.78 is 21.3. The Labute approximate surface area is 204 Å². The molecule has 9 heteroatoms. The number of hydrogen-bond acceptors (Lipinski definition) is 6. The molecule has 1 unspecified atom stereocenters. The van der Waals surface area contributed by atoms with Gasteiger partial charge >= 0.3 is 0 Å². The maximum Gasteiger partial charge on any atom is 0.237 e. The average molecular weight is 481 g/mol. The van der Waals surface area contributed by atoms with Crippen molar-refractivity contribution in [3.63, 3.8) is 0 Å². The van der Waals surface area contributed by atoms with Gasteiger partial charge in [-0.2, -0.15) is 4.98 Å². The zero-order chi connectivity index (χ0) is 24.4. The number of halogens is 1. The number of aryl methyl sites for hydroxylation is 1. The van der Waals surface area contributed by atoms with Gasteiger partial charge in [-0.25, -0.2) is 14.4 Å². The number of nitrogens with zero attached hydrogens (tertiary/aromatic N) is 5. The Morgan fingerprint density at radius 1 is 1.23 bits per heavy atom. The van der Waals surface area contributed by atoms with Crippen molar-refractivity contribution in [2.75, 3.05) is 31.2 Å². The molecule has 35 heavy (non-hydrogen) atoms. The van der Waals surface area contributed by atoms with Crippen LogP contribution >= 0.6 is 0 Å². The molecular weight excluding hydrogens is 447 g/mol. The van der Waals surface area contributed by atoms with Crippen LogP contribution in [0.4, 0.5) is 10.2 Å². The third kappa shape index (κ3) is 4.79. The Kier molecular flexibility index (Phi) is 7.06. The molecule has 0 bridgehead atoms. The van der Waals surface area contributed by atoms with E-state index in [0.717, 1.165) is 50.8 Å². The number of hydrogen-bond donors (Lipinski definition) is 1. The van der Waals surface area contributed by atoms with Gasteiger partial charge in [0, 0.05) is 43.0 Å². The van der Waals surface area contributed by atoms with Crippen molar-refractivity contribution in [3.8, 4) is 5.95 Å². The minimum absolute atomic E-state index is 0.0189. The Morgan fingerprint density at radius 3 is 2.74 bits per heavy atom. The average Bonchev–Trinajstić information content (AvgIpc) is 3.30. The number of piperidine rings is 1. The predicted octanol–water partition coefficient (Wildman–Crippen LogP) is 3.80. The van der Waals surface area contributed by atoms with Crippen molar-refractivity contribution in [1.82, 2.24) is 24.8 Å². The van der Waals surface area contributed by atoms with Crippen molar-refractivity contribution < 1.29 is 13.9 Å². The number of rotatable bonds is 6. The quantitative estimate of drug-likeness (QED) is 0.578. The second-order valence-corrected chi connectivity index (χ2v) is 9.58. The Balaban J connectivity index is 1.56. The van der Waals surface area contributed by atoms with E-state index in [9.17, 15) is 9.18 Å². The second kappa shape index (κ2) is 10.4. The highest BCUT2D eigenvalue weighted by atomic mass is 19.1. The van der Waals surface area contributed by atoms with E-state index in [1.807, 2.05) is 11.8 Å². The van der Waals surface area contributed by atoms with E-state index in [0.29, 0.717) is 41.9 Å². The molecule has 2 saturated heterocycles. The normalized spacial score (nSPS) is 18.6. The minimum Gasteiger partial charge on any atom is -0.381 e. The summed E-state index contributed by atoms with van der Waals surface area (Å²) in [5.74, 6) is 1.09. The molecule has 186 valence electrons. The highest BCUT2D eigenvalue weighted by Crippen LogP contribution is 2.32. The summed E-state index contributed by atoms with van der Waals surface area (Å²) in [6, 6.07) is 4.47. The van der Waals surface area contributed by atoms with Crippen molar-refractivity contribution in [1.29, 1.82) is 0 Å². The number of imidazole rings is 1. The van der Waals surface area contributed by atoms with Gasteiger partial charge in [0.05, 0.1) is 11.0 Å². The molecule has 0 spiro atoms. The van der Waals surface area contributed by atoms with E-state index in [1.54, 1.807) is 23.2 Å². The molecule has 2 fully saturated rings. The van der Waals surface area contributed by atoms with Crippen LogP contribution in [0.2, 0.25) is 0 Å². The number of carbonyl (C=O) groups is 1. The maximum atomic E-state index is 14.2. The number of amides is 1. The molecule has 1 N–H and O–H groups in total. The molecule has 2 aliphatic heterocycles. The lowest BCUT2D eigenvalue weighted by Gasteiger charge is -2.39. The lowest BCUT2D eigenvalue weighted by molar-refractivity contribution is -0.125. The topological polar surface area (TPSA) is 85.2 Å². The van der Waals surface area contributed by atoms with Crippen LogP contribution in [0.3, 0.4) is 0 Å². The molecule has 4 heterocycles. The lowest BCUT2D eigenvalue weighted by Crippen LogP contribution is -2.49. The minimum atomic E-state index is -0.349. The molecule has 0 saturated carbocycles. The van der Waals surface area contributed by atoms with Gasteiger partial charge in [0.1, 0.15) is 18.0 Å². The van der Waals surface area contributed by atoms with E-state index in [4.69, 9.17) is 9.72 Å². The molecule has 2 aromatic heterocycles. The van der Waals surface area contributed by atoms with Crippen LogP contribution in [0, 0.1) is 24.6 Å². The van der Waals surface area contributed by atoms with Crippen molar-refractivity contribution in [3.05, 3.63) is 42.1 Å². The monoisotopic (exact) mass is 480 g/mol. The van der Waals surface area contributed by atoms with Crippen LogP contribution in [-0.4, -0.2) is 57.8 Å². The van der Waals surface area contributed by atoms with Gasteiger partial charge in [0.2, 0.25) is 11.9 Å². The number of nitrogens with one attached hydrogen (secondary N) is 1. The molecule has 0 radical (unpaired) electrons. The third-order valence-electron chi connectivity index (χ3n) is 7.39. The first-order valence-electron chi connectivity index (χ1n) is 12.6. The van der Waals surface area contributed by atoms with Crippen LogP contribution in [0.25, 0.3) is 17.0 Å². The molecule has 2 aliphatic rings. The van der Waals surface area contributed by atoms with Gasteiger partial charge in [-0.1, -0.05) is 6.92 Å². The SMILES string of the molecule is CCC(C(=O)N(c1nc(-n2cnc3ccc(F)cc32)ncc1C)C1CCOCC1)C1CCNCC1. The van der Waals surface area contributed by atoms with E-state index < -0.39 is 0 Å². The fourth-order valence-electron chi connectivity index (χ4n) is 5.46. The van der Waals surface area contributed by atoms with Crippen molar-refractivity contribution in [2.45, 2.75) is 52.0 Å². The van der Waals surface area contributed by atoms with Gasteiger partial charge in [-0.3, -0.25) is 14.3 Å². The standard InChI is InChI=1S/C26H33FN6O2/c1-3-21(18-6-10-28-11-7-18)25(34)33(20-8-12-35-13-9-20)24-17(2)15-29-26(31-24)32-16-30-22-5-4-19(27)14-23(22)32/h4-5,14-16,18,20-21,28H,3,6-13H2,1-2H3. The number of benzene rings is 1. The van der Waals surface area contributed by atoms with Crippen LogP contribution in [0.15, 0.2) is 30.7 Å². The van der Waals surface area contributed by atoms with Gasteiger partial charge < -0.3 is 10.1 Å². The highest BCUT2D eigenvalue weighted by molar-refractivity contribution is 5.95. The summed E-state index contributed by atoms with van der Waals surface area (Å²) >= 11 is 0. The molecule has 3 aromatic rings. The molecule has 1 amide bonds. The number of fused-ring (bicyclic) bond motifs is 1. The Morgan fingerprint density at radius 2 is 2.00 bits per heavy atom. The van der Waals surface area contributed by atoms with E-state index >= 15 is 0 Å². The smallest absolute Gasteiger partial charge is 0.237 e. The summed E-state index contributed by atoms with van der Waals surface area (Å²) in [7, 11) is 0. The van der Waals surface area contributed by atoms with Crippen LogP contribution < -0.4 is 10.2 Å². The molecule has 5 rings (SSSR count). The summed E-state index contributed by atoms with van der Waals surface area (Å²) in [6.07, 6.45) is 7.69. The maximum absolute atomic E-state index is 14.2. The third-order valence-corrected chi connectivity index (χ3v) is 7.39. The molecular formula is C26H33FN6O2. The Hall–Kier alpha value is -2.91. The summed E-state index contributed by atoms with van der Waals surface area (Å²) in [4.78, 5) is 29.9. The molecule has 8 nitrogen and oxygen atoms in total. The first-order chi connectivity index (χ1) is 17.1. The summed E-state index contributed by atoms with van der Waals surface area (Å²) in [5.41, 5.74) is 2.08. The van der Waals surface area contributed by atoms with Gasteiger partial charge in [-0.15, -0.1) is 0 Å². The first kappa shape index (κ1) is 23.8. The molecule has 1 atom stereocenters. The van der Waals surface area contributed by atoms with E-state index in [1.165, 1.54) is 12.1 Å². The van der Waals surface area contributed by atoms with Crippen LogP contribution in [-0.2, 0) is 9.53 Å².